The number of rotatable bonds is 13. The minimum Gasteiger partial charge on any atom is -0.494 e. The summed E-state index contributed by atoms with van der Waals surface area (Å²) < 4.78 is 4.70. The molecule has 3 aliphatic heterocycles. The fourth-order valence-electron chi connectivity index (χ4n) is 8.16. The summed E-state index contributed by atoms with van der Waals surface area (Å²) in [5, 5.41) is 11.2. The van der Waals surface area contributed by atoms with E-state index >= 15 is 9.59 Å². The van der Waals surface area contributed by atoms with E-state index in [1.54, 1.807) is 56.8 Å². The first-order valence-electron chi connectivity index (χ1n) is 16.7. The van der Waals surface area contributed by atoms with Crippen molar-refractivity contribution in [3.63, 3.8) is 0 Å². The lowest BCUT2D eigenvalue weighted by molar-refractivity contribution is -0.142. The molecule has 256 valence electrons. The molecule has 49 heavy (non-hydrogen) atoms. The fraction of sp³-hybridized carbons (Fsp3) is 0.359. The van der Waals surface area contributed by atoms with E-state index < -0.39 is 35.3 Å². The maximum atomic E-state index is 15.2. The average Bonchev–Trinajstić information content (AvgIpc) is 3.71. The molecule has 7 atom stereocenters. The van der Waals surface area contributed by atoms with Gasteiger partial charge in [0.15, 0.2) is 0 Å². The molecule has 3 aromatic rings. The zero-order valence-corrected chi connectivity index (χ0v) is 29.4. The monoisotopic (exact) mass is 699 g/mol. The highest BCUT2D eigenvalue weighted by Crippen LogP contribution is 2.69. The summed E-state index contributed by atoms with van der Waals surface area (Å²) in [4.78, 5) is 50.0. The van der Waals surface area contributed by atoms with Gasteiger partial charge in [0.2, 0.25) is 11.8 Å². The number of aliphatic hydroxyl groups excluding tert-OH is 1. The lowest BCUT2D eigenvalue weighted by Gasteiger charge is -2.42. The van der Waals surface area contributed by atoms with Crippen LogP contribution in [-0.4, -0.2) is 70.1 Å². The van der Waals surface area contributed by atoms with Gasteiger partial charge in [0, 0.05) is 24.0 Å². The Kier molecular flexibility index (Phi) is 10.2. The van der Waals surface area contributed by atoms with E-state index in [1.165, 1.54) is 0 Å². The summed E-state index contributed by atoms with van der Waals surface area (Å²) in [6.07, 6.45) is 3.98. The summed E-state index contributed by atoms with van der Waals surface area (Å²) in [6, 6.07) is 21.9. The van der Waals surface area contributed by atoms with Gasteiger partial charge in [0.05, 0.1) is 46.5 Å². The van der Waals surface area contributed by atoms with Crippen molar-refractivity contribution in [3.05, 3.63) is 115 Å². The minimum absolute atomic E-state index is 0.0790. The highest BCUT2D eigenvalue weighted by atomic mass is 35.5. The van der Waals surface area contributed by atoms with E-state index in [0.29, 0.717) is 40.7 Å². The molecule has 8 nitrogen and oxygen atoms in total. The van der Waals surface area contributed by atoms with Gasteiger partial charge in [0.25, 0.3) is 5.91 Å². The molecule has 3 amide bonds. The van der Waals surface area contributed by atoms with Crippen LogP contribution in [-0.2, 0) is 14.4 Å². The number of halogens is 1. The second-order valence-corrected chi connectivity index (χ2v) is 14.7. The first kappa shape index (κ1) is 34.8. The van der Waals surface area contributed by atoms with Crippen molar-refractivity contribution < 1.29 is 24.2 Å². The number of carbonyl (C=O) groups excluding carboxylic acids is 3. The van der Waals surface area contributed by atoms with Crippen LogP contribution in [0.25, 0.3) is 0 Å². The number of nitrogens with zero attached hydrogens (tertiary/aromatic N) is 3. The normalized spacial score (nSPS) is 25.8. The molecule has 2 bridgehead atoms. The number of fused-ring (bicyclic) bond motifs is 1. The maximum Gasteiger partial charge on any atom is 0.251 e. The molecular formula is C39H42ClN3O5S. The van der Waals surface area contributed by atoms with Crippen molar-refractivity contribution in [1.29, 1.82) is 0 Å². The van der Waals surface area contributed by atoms with Gasteiger partial charge >= 0.3 is 0 Å². The second kappa shape index (κ2) is 14.4. The number of hydrogen-bond acceptors (Lipinski definition) is 6. The van der Waals surface area contributed by atoms with Crippen LogP contribution in [0.4, 0.5) is 11.4 Å². The number of anilines is 2. The van der Waals surface area contributed by atoms with Crippen molar-refractivity contribution in [2.45, 2.75) is 42.3 Å². The summed E-state index contributed by atoms with van der Waals surface area (Å²) in [6.45, 7) is 12.4. The number of ether oxygens (including phenoxy) is 1. The van der Waals surface area contributed by atoms with E-state index in [2.05, 4.69) is 20.1 Å². The third kappa shape index (κ3) is 5.85. The van der Waals surface area contributed by atoms with Gasteiger partial charge in [-0.1, -0.05) is 73.1 Å². The highest BCUT2D eigenvalue weighted by molar-refractivity contribution is 8.02. The average molecular weight is 700 g/mol. The molecule has 3 saturated heterocycles. The molecule has 0 saturated carbocycles. The van der Waals surface area contributed by atoms with Crippen LogP contribution in [0.5, 0.6) is 5.75 Å². The summed E-state index contributed by atoms with van der Waals surface area (Å²) >= 11 is 8.26. The summed E-state index contributed by atoms with van der Waals surface area (Å²) in [5.41, 5.74) is 1.89. The molecular weight excluding hydrogens is 658 g/mol. The van der Waals surface area contributed by atoms with E-state index in [4.69, 9.17) is 16.3 Å². The minimum atomic E-state index is -0.986. The van der Waals surface area contributed by atoms with Crippen molar-refractivity contribution in [1.82, 2.24) is 4.90 Å². The molecule has 1 spiro atoms. The van der Waals surface area contributed by atoms with Crippen LogP contribution < -0.4 is 14.5 Å². The van der Waals surface area contributed by atoms with Crippen LogP contribution in [0.1, 0.15) is 31.9 Å². The third-order valence-corrected chi connectivity index (χ3v) is 12.5. The number of aliphatic hydroxyl groups is 1. The van der Waals surface area contributed by atoms with Gasteiger partial charge in [-0.15, -0.1) is 24.9 Å². The van der Waals surface area contributed by atoms with Crippen LogP contribution >= 0.6 is 23.4 Å². The van der Waals surface area contributed by atoms with Gasteiger partial charge in [-0.3, -0.25) is 14.4 Å². The molecule has 3 aromatic carbocycles. The number of para-hydroxylation sites is 1. The maximum absolute atomic E-state index is 15.2. The van der Waals surface area contributed by atoms with E-state index in [1.807, 2.05) is 67.6 Å². The van der Waals surface area contributed by atoms with Gasteiger partial charge < -0.3 is 24.5 Å². The van der Waals surface area contributed by atoms with E-state index in [9.17, 15) is 9.90 Å². The predicted octanol–water partition coefficient (Wildman–Crippen LogP) is 6.55. The molecule has 6 rings (SSSR count). The Morgan fingerprint density at radius 2 is 1.67 bits per heavy atom. The Labute approximate surface area is 297 Å². The molecule has 3 unspecified atom stereocenters. The number of likely N-dealkylation sites (tertiary alicyclic amines) is 1. The van der Waals surface area contributed by atoms with Gasteiger partial charge in [0.1, 0.15) is 11.8 Å². The van der Waals surface area contributed by atoms with Crippen molar-refractivity contribution in [2.75, 3.05) is 36.1 Å². The highest BCUT2D eigenvalue weighted by Gasteiger charge is 2.77. The largest absolute Gasteiger partial charge is 0.494 e. The second-order valence-electron chi connectivity index (χ2n) is 12.8. The molecule has 1 N–H and O–H groups in total. The summed E-state index contributed by atoms with van der Waals surface area (Å²) in [5.74, 6) is -1.67. The molecule has 0 aromatic heterocycles. The Balaban J connectivity index is 1.48. The molecule has 10 heteroatoms. The first-order chi connectivity index (χ1) is 23.7. The zero-order valence-electron chi connectivity index (χ0n) is 27.8. The van der Waals surface area contributed by atoms with Crippen molar-refractivity contribution in [2.24, 2.45) is 17.8 Å². The molecule has 3 fully saturated rings. The van der Waals surface area contributed by atoms with Gasteiger partial charge in [-0.25, -0.2) is 0 Å². The van der Waals surface area contributed by atoms with Gasteiger partial charge in [-0.05, 0) is 61.2 Å². The van der Waals surface area contributed by atoms with Crippen LogP contribution in [0, 0.1) is 17.8 Å². The van der Waals surface area contributed by atoms with E-state index in [-0.39, 0.29) is 42.0 Å². The van der Waals surface area contributed by atoms with Crippen molar-refractivity contribution in [3.8, 4) is 5.75 Å². The Morgan fingerprint density at radius 3 is 2.31 bits per heavy atom. The topological polar surface area (TPSA) is 90.4 Å². The number of amides is 3. The molecule has 3 heterocycles. The standard InChI is InChI=1S/C39H42ClN3O5S/c1-5-21-41(27-17-19-28(20-18-27)48-7-3)36(45)33-32-23-25(4)39(49-32)34(33)37(46)43(31(24-44)26-13-9-8-10-14-26)35(39)38(47)42(22-6-2)30-16-12-11-15-29(30)40/h5-6,8-20,25,31-35,44H,1-2,7,21-24H2,3-4H3/t25?,31-,32-,33+,34+,35?,39?/m1/s1. The predicted molar refractivity (Wildman–Crippen MR) is 196 cm³/mol. The fourth-order valence-corrected chi connectivity index (χ4v) is 10.8. The number of thioether (sulfide) groups is 1. The van der Waals surface area contributed by atoms with Crippen LogP contribution in [0.3, 0.4) is 0 Å². The van der Waals surface area contributed by atoms with Gasteiger partial charge in [-0.2, -0.15) is 0 Å². The lowest BCUT2D eigenvalue weighted by atomic mass is 9.65. The number of carbonyl (C=O) groups is 3. The summed E-state index contributed by atoms with van der Waals surface area (Å²) in [7, 11) is 0. The zero-order chi connectivity index (χ0) is 34.9. The molecule has 0 aliphatic carbocycles. The number of benzene rings is 3. The van der Waals surface area contributed by atoms with Crippen LogP contribution in [0.2, 0.25) is 5.02 Å². The van der Waals surface area contributed by atoms with Crippen molar-refractivity contribution >= 4 is 52.5 Å². The van der Waals surface area contributed by atoms with E-state index in [0.717, 1.165) is 0 Å². The molecule has 3 aliphatic rings. The smallest absolute Gasteiger partial charge is 0.251 e. The Morgan fingerprint density at radius 1 is 1.02 bits per heavy atom. The first-order valence-corrected chi connectivity index (χ1v) is 18.0. The van der Waals surface area contributed by atoms with Crippen LogP contribution in [0.15, 0.2) is 104 Å². The Hall–Kier alpha value is -4.05. The SMILES string of the molecule is C=CCN(C(=O)[C@@H]1[C@H]2C(=O)N([C@H](CO)c3ccccc3)C(C(=O)N(CC=C)c3ccccc3Cl)C23S[C@@H]1CC3C)c1ccc(OCC)cc1. The molecule has 0 radical (unpaired) electrons. The quantitative estimate of drug-likeness (QED) is 0.204. The lowest BCUT2D eigenvalue weighted by Crippen LogP contribution is -2.58. The Bertz CT molecular complexity index is 1720. The third-order valence-electron chi connectivity index (χ3n) is 10.2. The number of hydrogen-bond donors (Lipinski definition) is 1.